The summed E-state index contributed by atoms with van der Waals surface area (Å²) in [6.45, 7) is 3.61. The summed E-state index contributed by atoms with van der Waals surface area (Å²) in [5.41, 5.74) is 2.06. The molecule has 1 aliphatic heterocycles. The molecule has 2 heterocycles. The number of carbonyl (C=O) groups excluding carboxylic acids is 1. The number of hydrogen-bond acceptors (Lipinski definition) is 3. The summed E-state index contributed by atoms with van der Waals surface area (Å²) in [5, 5.41) is 4.58. The fraction of sp³-hybridized carbons (Fsp3) is 0.333. The van der Waals surface area contributed by atoms with Crippen LogP contribution in [0.15, 0.2) is 42.6 Å². The normalized spacial score (nSPS) is 14.9. The van der Waals surface area contributed by atoms with E-state index in [1.807, 2.05) is 54.2 Å². The lowest BCUT2D eigenvalue weighted by molar-refractivity contribution is 0.0744. The van der Waals surface area contributed by atoms with Crippen molar-refractivity contribution in [3.8, 4) is 5.69 Å². The zero-order chi connectivity index (χ0) is 13.9. The predicted octanol–water partition coefficient (Wildman–Crippen LogP) is 2.43. The molecule has 1 aliphatic rings. The summed E-state index contributed by atoms with van der Waals surface area (Å²) in [6.07, 6.45) is 1.73. The van der Waals surface area contributed by atoms with E-state index in [2.05, 4.69) is 5.10 Å². The summed E-state index contributed by atoms with van der Waals surface area (Å²) in [5.74, 6) is 0.310. The highest BCUT2D eigenvalue weighted by Gasteiger charge is 2.34. The number of hydrogen-bond donors (Lipinski definition) is 0. The monoisotopic (exact) mass is 271 g/mol. The summed E-state index contributed by atoms with van der Waals surface area (Å²) in [6, 6.07) is 12.0. The van der Waals surface area contributed by atoms with E-state index in [1.54, 1.807) is 4.90 Å². The number of likely N-dealkylation sites (tertiary alicyclic amines) is 1. The van der Waals surface area contributed by atoms with Crippen molar-refractivity contribution >= 4 is 6.09 Å². The molecule has 0 spiro atoms. The zero-order valence-electron chi connectivity index (χ0n) is 11.4. The van der Waals surface area contributed by atoms with Crippen LogP contribution in [0, 0.1) is 0 Å². The molecule has 1 amide bonds. The summed E-state index contributed by atoms with van der Waals surface area (Å²) in [4.78, 5) is 13.2. The Morgan fingerprint density at radius 3 is 2.75 bits per heavy atom. The van der Waals surface area contributed by atoms with E-state index in [0.717, 1.165) is 11.4 Å². The van der Waals surface area contributed by atoms with E-state index in [4.69, 9.17) is 4.74 Å². The molecule has 2 aromatic rings. The Kier molecular flexibility index (Phi) is 3.41. The number of para-hydroxylation sites is 1. The highest BCUT2D eigenvalue weighted by molar-refractivity contribution is 5.69. The highest BCUT2D eigenvalue weighted by Crippen LogP contribution is 2.26. The minimum absolute atomic E-state index is 0.230. The first-order chi connectivity index (χ1) is 9.78. The summed E-state index contributed by atoms with van der Waals surface area (Å²) >= 11 is 0. The maximum absolute atomic E-state index is 11.5. The van der Waals surface area contributed by atoms with E-state index in [0.29, 0.717) is 25.6 Å². The first-order valence-corrected chi connectivity index (χ1v) is 6.80. The van der Waals surface area contributed by atoms with Crippen molar-refractivity contribution in [3.63, 3.8) is 0 Å². The Morgan fingerprint density at radius 2 is 2.05 bits per heavy atom. The largest absolute Gasteiger partial charge is 0.450 e. The van der Waals surface area contributed by atoms with Gasteiger partial charge in [0.25, 0.3) is 0 Å². The molecule has 20 heavy (non-hydrogen) atoms. The third kappa shape index (κ3) is 2.39. The lowest BCUT2D eigenvalue weighted by atomic mass is 9.97. The molecule has 5 heteroatoms. The molecule has 5 nitrogen and oxygen atoms in total. The Balaban J connectivity index is 1.64. The minimum Gasteiger partial charge on any atom is -0.450 e. The number of carbonyl (C=O) groups is 1. The van der Waals surface area contributed by atoms with E-state index in [-0.39, 0.29) is 6.09 Å². The molecule has 1 aromatic heterocycles. The predicted molar refractivity (Wildman–Crippen MR) is 74.9 cm³/mol. The van der Waals surface area contributed by atoms with Gasteiger partial charge in [0.15, 0.2) is 0 Å². The van der Waals surface area contributed by atoms with Crippen LogP contribution in [0.3, 0.4) is 0 Å². The van der Waals surface area contributed by atoms with Gasteiger partial charge in [-0.05, 0) is 25.1 Å². The third-order valence-electron chi connectivity index (χ3n) is 3.46. The van der Waals surface area contributed by atoms with Gasteiger partial charge in [0.1, 0.15) is 0 Å². The molecule has 104 valence electrons. The lowest BCUT2D eigenvalue weighted by Gasteiger charge is -2.37. The van der Waals surface area contributed by atoms with Gasteiger partial charge in [-0.1, -0.05) is 18.2 Å². The smallest absolute Gasteiger partial charge is 0.409 e. The maximum Gasteiger partial charge on any atom is 0.409 e. The summed E-state index contributed by atoms with van der Waals surface area (Å²) in [7, 11) is 0. The molecule has 1 saturated heterocycles. The van der Waals surface area contributed by atoms with Gasteiger partial charge in [0.2, 0.25) is 0 Å². The highest BCUT2D eigenvalue weighted by atomic mass is 16.6. The van der Waals surface area contributed by atoms with Gasteiger partial charge in [-0.25, -0.2) is 9.48 Å². The number of amides is 1. The van der Waals surface area contributed by atoms with Crippen LogP contribution in [-0.2, 0) is 4.74 Å². The second kappa shape index (κ2) is 5.36. The summed E-state index contributed by atoms with van der Waals surface area (Å²) < 4.78 is 6.83. The van der Waals surface area contributed by atoms with Gasteiger partial charge in [0.05, 0.1) is 18.0 Å². The van der Waals surface area contributed by atoms with Gasteiger partial charge in [-0.3, -0.25) is 0 Å². The van der Waals surface area contributed by atoms with Crippen LogP contribution in [0.5, 0.6) is 0 Å². The van der Waals surface area contributed by atoms with Crippen LogP contribution in [0.1, 0.15) is 18.5 Å². The van der Waals surface area contributed by atoms with Gasteiger partial charge >= 0.3 is 6.09 Å². The SMILES string of the molecule is CCOC(=O)N1CC(c2ccn(-c3ccccc3)n2)C1. The Hall–Kier alpha value is -2.30. The zero-order valence-corrected chi connectivity index (χ0v) is 11.4. The van der Waals surface area contributed by atoms with E-state index in [9.17, 15) is 4.79 Å². The molecule has 1 fully saturated rings. The number of ether oxygens (including phenoxy) is 1. The van der Waals surface area contributed by atoms with Crippen molar-refractivity contribution in [2.75, 3.05) is 19.7 Å². The molecular weight excluding hydrogens is 254 g/mol. The fourth-order valence-electron chi connectivity index (χ4n) is 2.31. The van der Waals surface area contributed by atoms with Crippen LogP contribution in [0.2, 0.25) is 0 Å². The third-order valence-corrected chi connectivity index (χ3v) is 3.46. The molecule has 1 aromatic carbocycles. The van der Waals surface area contributed by atoms with Crippen LogP contribution in [0.4, 0.5) is 4.79 Å². The second-order valence-electron chi connectivity index (χ2n) is 4.82. The fourth-order valence-corrected chi connectivity index (χ4v) is 2.31. The number of nitrogens with zero attached hydrogens (tertiary/aromatic N) is 3. The van der Waals surface area contributed by atoms with Gasteiger partial charge in [-0.2, -0.15) is 5.10 Å². The molecular formula is C15H17N3O2. The molecule has 3 rings (SSSR count). The van der Waals surface area contributed by atoms with Gasteiger partial charge in [0, 0.05) is 25.2 Å². The molecule has 0 radical (unpaired) electrons. The van der Waals surface area contributed by atoms with E-state index >= 15 is 0 Å². The number of benzene rings is 1. The van der Waals surface area contributed by atoms with E-state index in [1.165, 1.54) is 0 Å². The molecule has 0 saturated carbocycles. The van der Waals surface area contributed by atoms with Crippen LogP contribution in [0.25, 0.3) is 5.69 Å². The van der Waals surface area contributed by atoms with Crippen molar-refractivity contribution < 1.29 is 9.53 Å². The van der Waals surface area contributed by atoms with Gasteiger partial charge < -0.3 is 9.64 Å². The second-order valence-corrected chi connectivity index (χ2v) is 4.82. The topological polar surface area (TPSA) is 47.4 Å². The molecule has 0 aliphatic carbocycles. The first-order valence-electron chi connectivity index (χ1n) is 6.80. The van der Waals surface area contributed by atoms with Gasteiger partial charge in [-0.15, -0.1) is 0 Å². The van der Waals surface area contributed by atoms with Crippen molar-refractivity contribution in [1.82, 2.24) is 14.7 Å². The quantitative estimate of drug-likeness (QED) is 0.861. The van der Waals surface area contributed by atoms with Crippen LogP contribution < -0.4 is 0 Å². The molecule has 0 unspecified atom stereocenters. The lowest BCUT2D eigenvalue weighted by Crippen LogP contribution is -2.48. The molecule has 0 bridgehead atoms. The first kappa shape index (κ1) is 12.7. The average molecular weight is 271 g/mol. The van der Waals surface area contributed by atoms with Crippen molar-refractivity contribution in [1.29, 1.82) is 0 Å². The average Bonchev–Trinajstić information content (AvgIpc) is 2.88. The minimum atomic E-state index is -0.230. The van der Waals surface area contributed by atoms with Crippen LogP contribution >= 0.6 is 0 Å². The van der Waals surface area contributed by atoms with Crippen LogP contribution in [-0.4, -0.2) is 40.5 Å². The Labute approximate surface area is 117 Å². The van der Waals surface area contributed by atoms with Crippen molar-refractivity contribution in [3.05, 3.63) is 48.3 Å². The maximum atomic E-state index is 11.5. The number of aromatic nitrogens is 2. The Morgan fingerprint density at radius 1 is 1.30 bits per heavy atom. The number of rotatable bonds is 3. The standard InChI is InChI=1S/C15H17N3O2/c1-2-20-15(19)17-10-12(11-17)14-8-9-18(16-14)13-6-4-3-5-7-13/h3-9,12H,2,10-11H2,1H3. The van der Waals surface area contributed by atoms with E-state index < -0.39 is 0 Å². The molecule has 0 atom stereocenters. The van der Waals surface area contributed by atoms with Crippen molar-refractivity contribution in [2.24, 2.45) is 0 Å². The Bertz CT molecular complexity index is 588. The van der Waals surface area contributed by atoms with Crippen molar-refractivity contribution in [2.45, 2.75) is 12.8 Å². The molecule has 0 N–H and O–H groups in total.